The molecule has 2 N–H and O–H groups in total. The van der Waals surface area contributed by atoms with Crippen LogP contribution >= 0.6 is 0 Å². The molecule has 1 saturated carbocycles. The minimum absolute atomic E-state index is 0.117. The summed E-state index contributed by atoms with van der Waals surface area (Å²) >= 11 is 0. The normalized spacial score (nSPS) is 17.4. The standard InChI is InChI=1S/C27H25N7O2/c1-3-24(36)32-11-10-20(15-32)34-26-21(16(2)35)13-29-27(28)25(26)22(31-34)9-5-17-4-8-19-12-23(18-6-7-18)30-33(19)14-17/h3-4,8,12-14,18,20H,1,6-7,10-11,15H2,2H3,(H2,28,29)/t20-/m0/s1. The Morgan fingerprint density at radius 3 is 2.78 bits per heavy atom. The molecule has 0 aromatic carbocycles. The molecule has 1 aliphatic heterocycles. The highest BCUT2D eigenvalue weighted by atomic mass is 16.2. The van der Waals surface area contributed by atoms with E-state index in [2.05, 4.69) is 29.5 Å². The van der Waals surface area contributed by atoms with Crippen molar-refractivity contribution in [3.05, 3.63) is 65.8 Å². The van der Waals surface area contributed by atoms with E-state index in [-0.39, 0.29) is 23.6 Å². The number of amides is 1. The van der Waals surface area contributed by atoms with E-state index in [9.17, 15) is 9.59 Å². The van der Waals surface area contributed by atoms with Crippen molar-refractivity contribution in [2.75, 3.05) is 18.8 Å². The molecular formula is C27H25N7O2. The third kappa shape index (κ3) is 3.71. The molecule has 0 unspecified atom stereocenters. The zero-order chi connectivity index (χ0) is 25.0. The van der Waals surface area contributed by atoms with E-state index in [1.54, 1.807) is 9.58 Å². The number of nitrogen functional groups attached to an aromatic ring is 1. The molecule has 180 valence electrons. The first kappa shape index (κ1) is 22.0. The van der Waals surface area contributed by atoms with Crippen molar-refractivity contribution >= 4 is 33.9 Å². The van der Waals surface area contributed by atoms with Gasteiger partial charge in [0.2, 0.25) is 5.91 Å². The summed E-state index contributed by atoms with van der Waals surface area (Å²) in [4.78, 5) is 30.6. The minimum Gasteiger partial charge on any atom is -0.383 e. The van der Waals surface area contributed by atoms with Crippen molar-refractivity contribution in [3.8, 4) is 11.8 Å². The number of Topliss-reactive ketones (excluding diaryl/α,β-unsaturated/α-hetero) is 1. The molecule has 2 aliphatic rings. The van der Waals surface area contributed by atoms with Crippen molar-refractivity contribution in [2.45, 2.75) is 38.1 Å². The Morgan fingerprint density at radius 1 is 1.19 bits per heavy atom. The van der Waals surface area contributed by atoms with Gasteiger partial charge in [0.25, 0.3) is 0 Å². The van der Waals surface area contributed by atoms with E-state index >= 15 is 0 Å². The lowest BCUT2D eigenvalue weighted by Gasteiger charge is -2.16. The van der Waals surface area contributed by atoms with Gasteiger partial charge in [-0.3, -0.25) is 14.3 Å². The van der Waals surface area contributed by atoms with Gasteiger partial charge in [-0.2, -0.15) is 10.2 Å². The van der Waals surface area contributed by atoms with Gasteiger partial charge in [-0.25, -0.2) is 9.50 Å². The second-order valence-electron chi connectivity index (χ2n) is 9.44. The molecule has 9 heteroatoms. The highest BCUT2D eigenvalue weighted by molar-refractivity contribution is 6.09. The zero-order valence-electron chi connectivity index (χ0n) is 19.9. The predicted octanol–water partition coefficient (Wildman–Crippen LogP) is 3.10. The second-order valence-corrected chi connectivity index (χ2v) is 9.44. The maximum Gasteiger partial charge on any atom is 0.246 e. The molecule has 0 bridgehead atoms. The van der Waals surface area contributed by atoms with E-state index in [1.807, 2.05) is 22.8 Å². The summed E-state index contributed by atoms with van der Waals surface area (Å²) < 4.78 is 3.66. The number of hydrogen-bond acceptors (Lipinski definition) is 6. The Morgan fingerprint density at radius 2 is 2.03 bits per heavy atom. The van der Waals surface area contributed by atoms with E-state index in [0.29, 0.717) is 47.6 Å². The molecule has 9 nitrogen and oxygen atoms in total. The number of ketones is 1. The zero-order valence-corrected chi connectivity index (χ0v) is 19.9. The Labute approximate surface area is 207 Å². The lowest BCUT2D eigenvalue weighted by molar-refractivity contribution is -0.125. The first-order valence-electron chi connectivity index (χ1n) is 12.0. The molecule has 5 heterocycles. The van der Waals surface area contributed by atoms with Gasteiger partial charge in [0.1, 0.15) is 11.5 Å². The predicted molar refractivity (Wildman–Crippen MR) is 136 cm³/mol. The van der Waals surface area contributed by atoms with Gasteiger partial charge in [-0.15, -0.1) is 0 Å². The number of pyridine rings is 2. The summed E-state index contributed by atoms with van der Waals surface area (Å²) in [5.41, 5.74) is 10.7. The van der Waals surface area contributed by atoms with Crippen LogP contribution in [0.2, 0.25) is 0 Å². The summed E-state index contributed by atoms with van der Waals surface area (Å²) in [5.74, 6) is 6.92. The van der Waals surface area contributed by atoms with Gasteiger partial charge in [-0.05, 0) is 56.4 Å². The molecule has 0 radical (unpaired) electrons. The van der Waals surface area contributed by atoms with Crippen molar-refractivity contribution in [3.63, 3.8) is 0 Å². The molecule has 1 aliphatic carbocycles. The van der Waals surface area contributed by atoms with Gasteiger partial charge in [0.15, 0.2) is 5.78 Å². The lowest BCUT2D eigenvalue weighted by Crippen LogP contribution is -2.27. The molecule has 1 atom stereocenters. The molecular weight excluding hydrogens is 454 g/mol. The van der Waals surface area contributed by atoms with Crippen LogP contribution in [0.4, 0.5) is 5.82 Å². The first-order chi connectivity index (χ1) is 17.4. The van der Waals surface area contributed by atoms with Crippen LogP contribution in [0.25, 0.3) is 16.4 Å². The third-order valence-corrected chi connectivity index (χ3v) is 6.93. The van der Waals surface area contributed by atoms with E-state index < -0.39 is 0 Å². The van der Waals surface area contributed by atoms with E-state index in [0.717, 1.165) is 16.8 Å². The average Bonchev–Trinajstić information content (AvgIpc) is 3.27. The number of nitrogens with zero attached hydrogens (tertiary/aromatic N) is 6. The van der Waals surface area contributed by atoms with Gasteiger partial charge in [0.05, 0.1) is 33.7 Å². The largest absolute Gasteiger partial charge is 0.383 e. The number of nitrogens with two attached hydrogens (primary N) is 1. The fraction of sp³-hybridized carbons (Fsp3) is 0.296. The van der Waals surface area contributed by atoms with Gasteiger partial charge < -0.3 is 10.6 Å². The Hall–Kier alpha value is -4.45. The summed E-state index contributed by atoms with van der Waals surface area (Å²) in [6.45, 7) is 6.13. The SMILES string of the molecule is C=CC(=O)N1CC[C@H](n2nc(C#Cc3ccc4cc(C5CC5)nn4c3)c3c(N)ncc(C(C)=O)c32)C1. The summed E-state index contributed by atoms with van der Waals surface area (Å²) in [7, 11) is 0. The van der Waals surface area contributed by atoms with Crippen molar-refractivity contribution in [2.24, 2.45) is 0 Å². The molecule has 36 heavy (non-hydrogen) atoms. The number of rotatable bonds is 4. The summed E-state index contributed by atoms with van der Waals surface area (Å²) in [6.07, 6.45) is 7.80. The van der Waals surface area contributed by atoms with Gasteiger partial charge >= 0.3 is 0 Å². The lowest BCUT2D eigenvalue weighted by atomic mass is 10.1. The summed E-state index contributed by atoms with van der Waals surface area (Å²) in [6, 6.07) is 5.97. The molecule has 4 aromatic rings. The Kier molecular flexibility index (Phi) is 5.11. The van der Waals surface area contributed by atoms with Crippen LogP contribution in [0.15, 0.2) is 43.2 Å². The quantitative estimate of drug-likeness (QED) is 0.274. The molecule has 6 rings (SSSR count). The van der Waals surface area contributed by atoms with Crippen LogP contribution in [0, 0.1) is 11.8 Å². The molecule has 4 aromatic heterocycles. The second kappa shape index (κ2) is 8.34. The summed E-state index contributed by atoms with van der Waals surface area (Å²) in [5, 5.41) is 10.0. The topological polar surface area (TPSA) is 111 Å². The number of hydrogen-bond donors (Lipinski definition) is 1. The molecule has 2 fully saturated rings. The maximum absolute atomic E-state index is 12.5. The number of aromatic nitrogens is 5. The van der Waals surface area contributed by atoms with Crippen LogP contribution in [-0.2, 0) is 4.79 Å². The number of fused-ring (bicyclic) bond motifs is 2. The van der Waals surface area contributed by atoms with Gasteiger partial charge in [-0.1, -0.05) is 12.5 Å². The van der Waals surface area contributed by atoms with E-state index in [1.165, 1.54) is 32.0 Å². The van der Waals surface area contributed by atoms with Crippen LogP contribution in [0.5, 0.6) is 0 Å². The smallest absolute Gasteiger partial charge is 0.246 e. The highest BCUT2D eigenvalue weighted by Gasteiger charge is 2.30. The Balaban J connectivity index is 1.43. The molecule has 1 saturated heterocycles. The fourth-order valence-electron chi connectivity index (χ4n) is 4.87. The number of anilines is 1. The highest BCUT2D eigenvalue weighted by Crippen LogP contribution is 2.39. The monoisotopic (exact) mass is 479 g/mol. The number of carbonyl (C=O) groups is 2. The minimum atomic E-state index is -0.138. The average molecular weight is 480 g/mol. The van der Waals surface area contributed by atoms with Crippen LogP contribution in [-0.4, -0.2) is 54.1 Å². The van der Waals surface area contributed by atoms with Crippen LogP contribution in [0.1, 0.15) is 65.5 Å². The van der Waals surface area contributed by atoms with Crippen LogP contribution < -0.4 is 5.73 Å². The van der Waals surface area contributed by atoms with Crippen molar-refractivity contribution in [1.29, 1.82) is 0 Å². The third-order valence-electron chi connectivity index (χ3n) is 6.93. The Bertz CT molecular complexity index is 1630. The number of carbonyl (C=O) groups excluding carboxylic acids is 2. The molecule has 0 spiro atoms. The van der Waals surface area contributed by atoms with Crippen LogP contribution in [0.3, 0.4) is 0 Å². The van der Waals surface area contributed by atoms with E-state index in [4.69, 9.17) is 15.9 Å². The first-order valence-corrected chi connectivity index (χ1v) is 12.0. The maximum atomic E-state index is 12.5. The fourth-order valence-corrected chi connectivity index (χ4v) is 4.87. The van der Waals surface area contributed by atoms with Gasteiger partial charge in [0, 0.05) is 37.0 Å². The van der Waals surface area contributed by atoms with Crippen molar-refractivity contribution in [1.82, 2.24) is 29.3 Å². The molecule has 1 amide bonds. The van der Waals surface area contributed by atoms with Crippen molar-refractivity contribution < 1.29 is 9.59 Å². The number of likely N-dealkylation sites (tertiary alicyclic amines) is 1.